The first kappa shape index (κ1) is 20.4. The molecule has 7 nitrogen and oxygen atoms in total. The summed E-state index contributed by atoms with van der Waals surface area (Å²) in [5.41, 5.74) is 1.72. The summed E-state index contributed by atoms with van der Waals surface area (Å²) in [5.74, 6) is -1.47. The Morgan fingerprint density at radius 2 is 1.88 bits per heavy atom. The number of rotatable bonds is 6. The van der Waals surface area contributed by atoms with Crippen molar-refractivity contribution in [1.29, 1.82) is 0 Å². The number of carboxylic acid groups (broad SMARTS) is 1. The van der Waals surface area contributed by atoms with Gasteiger partial charge in [0.1, 0.15) is 0 Å². The number of aliphatic carboxylic acids is 1. The minimum Gasteiger partial charge on any atom is -0.481 e. The number of amides is 1. The summed E-state index contributed by atoms with van der Waals surface area (Å²) < 4.78 is 27.1. The van der Waals surface area contributed by atoms with Crippen LogP contribution in [0.15, 0.2) is 23.1 Å². The number of carbonyl (C=O) groups is 2. The Bertz CT molecular complexity index is 783. The van der Waals surface area contributed by atoms with Crippen molar-refractivity contribution in [3.63, 3.8) is 0 Å². The number of aryl methyl sites for hydroxylation is 2. The monoisotopic (exact) mass is 382 g/mol. The highest BCUT2D eigenvalue weighted by Crippen LogP contribution is 2.26. The summed E-state index contributed by atoms with van der Waals surface area (Å²) in [7, 11) is -3.57. The lowest BCUT2D eigenvalue weighted by atomic mass is 9.97. The van der Waals surface area contributed by atoms with Crippen molar-refractivity contribution in [3.8, 4) is 0 Å². The molecule has 1 aliphatic rings. The molecule has 8 heteroatoms. The van der Waals surface area contributed by atoms with Crippen molar-refractivity contribution in [2.45, 2.75) is 51.0 Å². The molecule has 2 rings (SSSR count). The van der Waals surface area contributed by atoms with Gasteiger partial charge in [-0.3, -0.25) is 9.59 Å². The third kappa shape index (κ3) is 4.82. The normalized spacial score (nSPS) is 17.7. The zero-order valence-corrected chi connectivity index (χ0v) is 16.2. The molecule has 0 radical (unpaired) electrons. The Hall–Kier alpha value is -1.93. The first-order valence-electron chi connectivity index (χ1n) is 8.71. The standard InChI is InChI=1S/C18H26N2O5S/c1-12-4-5-16(13(2)10-12)26(24,25)20-8-6-15(7-9-20)18(23)19-14(3)11-17(21)22/h4-5,10,14-15H,6-9,11H2,1-3H3,(H,19,23)(H,21,22). The van der Waals surface area contributed by atoms with Gasteiger partial charge >= 0.3 is 5.97 Å². The second-order valence-corrected chi connectivity index (χ2v) is 8.86. The van der Waals surface area contributed by atoms with E-state index in [2.05, 4.69) is 5.32 Å². The van der Waals surface area contributed by atoms with E-state index in [1.807, 2.05) is 13.0 Å². The molecule has 0 aromatic heterocycles. The Morgan fingerprint density at radius 3 is 2.42 bits per heavy atom. The topological polar surface area (TPSA) is 104 Å². The van der Waals surface area contributed by atoms with E-state index in [0.29, 0.717) is 23.3 Å². The smallest absolute Gasteiger partial charge is 0.305 e. The summed E-state index contributed by atoms with van der Waals surface area (Å²) in [5, 5.41) is 11.4. The SMILES string of the molecule is Cc1ccc(S(=O)(=O)N2CCC(C(=O)NC(C)CC(=O)O)CC2)c(C)c1. The highest BCUT2D eigenvalue weighted by atomic mass is 32.2. The number of nitrogens with zero attached hydrogens (tertiary/aromatic N) is 1. The highest BCUT2D eigenvalue weighted by molar-refractivity contribution is 7.89. The van der Waals surface area contributed by atoms with Gasteiger partial charge < -0.3 is 10.4 Å². The predicted octanol–water partition coefficient (Wildman–Crippen LogP) is 1.68. The maximum Gasteiger partial charge on any atom is 0.305 e. The lowest BCUT2D eigenvalue weighted by Crippen LogP contribution is -2.45. The molecule has 0 spiro atoms. The number of piperidine rings is 1. The summed E-state index contributed by atoms with van der Waals surface area (Å²) >= 11 is 0. The summed E-state index contributed by atoms with van der Waals surface area (Å²) in [4.78, 5) is 23.2. The van der Waals surface area contributed by atoms with E-state index in [9.17, 15) is 18.0 Å². The number of carbonyl (C=O) groups excluding carboxylic acids is 1. The lowest BCUT2D eigenvalue weighted by Gasteiger charge is -2.31. The van der Waals surface area contributed by atoms with Gasteiger partial charge in [0.05, 0.1) is 11.3 Å². The Labute approximate surface area is 154 Å². The van der Waals surface area contributed by atoms with Crippen LogP contribution in [0, 0.1) is 19.8 Å². The van der Waals surface area contributed by atoms with Gasteiger partial charge in [0.25, 0.3) is 0 Å². The number of hydrogen-bond donors (Lipinski definition) is 2. The van der Waals surface area contributed by atoms with E-state index in [4.69, 9.17) is 5.11 Å². The van der Waals surface area contributed by atoms with Crippen LogP contribution >= 0.6 is 0 Å². The van der Waals surface area contributed by atoms with Crippen LogP contribution in [-0.2, 0) is 19.6 Å². The fourth-order valence-corrected chi connectivity index (χ4v) is 4.94. The van der Waals surface area contributed by atoms with E-state index in [1.54, 1.807) is 26.0 Å². The molecule has 1 saturated heterocycles. The van der Waals surface area contributed by atoms with E-state index in [-0.39, 0.29) is 31.3 Å². The number of hydrogen-bond acceptors (Lipinski definition) is 4. The minimum atomic E-state index is -3.57. The van der Waals surface area contributed by atoms with Crippen molar-refractivity contribution >= 4 is 21.9 Å². The number of benzene rings is 1. The quantitative estimate of drug-likeness (QED) is 0.779. The number of carboxylic acids is 1. The van der Waals surface area contributed by atoms with Crippen LogP contribution in [0.3, 0.4) is 0 Å². The van der Waals surface area contributed by atoms with Gasteiger partial charge in [-0.15, -0.1) is 0 Å². The average molecular weight is 382 g/mol. The third-order valence-corrected chi connectivity index (χ3v) is 6.70. The van der Waals surface area contributed by atoms with E-state index >= 15 is 0 Å². The first-order chi connectivity index (χ1) is 12.1. The second-order valence-electron chi connectivity index (χ2n) is 6.95. The highest BCUT2D eigenvalue weighted by Gasteiger charge is 2.33. The molecule has 1 aromatic rings. The Morgan fingerprint density at radius 1 is 1.27 bits per heavy atom. The molecule has 0 aliphatic carbocycles. The molecule has 26 heavy (non-hydrogen) atoms. The van der Waals surface area contributed by atoms with Crippen LogP contribution in [0.2, 0.25) is 0 Å². The maximum absolute atomic E-state index is 12.9. The fraction of sp³-hybridized carbons (Fsp3) is 0.556. The largest absolute Gasteiger partial charge is 0.481 e. The zero-order valence-electron chi connectivity index (χ0n) is 15.4. The summed E-state index contributed by atoms with van der Waals surface area (Å²) in [6.45, 7) is 5.90. The molecule has 144 valence electrons. The van der Waals surface area contributed by atoms with Crippen molar-refractivity contribution in [1.82, 2.24) is 9.62 Å². The van der Waals surface area contributed by atoms with Crippen molar-refractivity contribution in [2.75, 3.05) is 13.1 Å². The zero-order chi connectivity index (χ0) is 19.5. The van der Waals surface area contributed by atoms with Gasteiger partial charge in [0.15, 0.2) is 0 Å². The molecule has 1 atom stereocenters. The average Bonchev–Trinajstić information content (AvgIpc) is 2.53. The second kappa shape index (κ2) is 8.18. The molecule has 0 bridgehead atoms. The van der Waals surface area contributed by atoms with Gasteiger partial charge in [-0.05, 0) is 45.2 Å². The third-order valence-electron chi connectivity index (χ3n) is 4.64. The molecule has 1 aliphatic heterocycles. The first-order valence-corrected chi connectivity index (χ1v) is 10.1. The number of sulfonamides is 1. The van der Waals surface area contributed by atoms with E-state index in [1.165, 1.54) is 4.31 Å². The molecule has 2 N–H and O–H groups in total. The van der Waals surface area contributed by atoms with Crippen LogP contribution < -0.4 is 5.32 Å². The molecule has 1 heterocycles. The molecular weight excluding hydrogens is 356 g/mol. The van der Waals surface area contributed by atoms with Crippen molar-refractivity contribution < 1.29 is 23.1 Å². The maximum atomic E-state index is 12.9. The van der Waals surface area contributed by atoms with Crippen LogP contribution in [0.1, 0.15) is 37.3 Å². The molecular formula is C18H26N2O5S. The van der Waals surface area contributed by atoms with Gasteiger partial charge in [-0.2, -0.15) is 4.31 Å². The van der Waals surface area contributed by atoms with Crippen molar-refractivity contribution in [2.24, 2.45) is 5.92 Å². The van der Waals surface area contributed by atoms with Gasteiger partial charge in [-0.1, -0.05) is 17.7 Å². The molecule has 1 unspecified atom stereocenters. The van der Waals surface area contributed by atoms with Crippen molar-refractivity contribution in [3.05, 3.63) is 29.3 Å². The molecule has 0 saturated carbocycles. The molecule has 1 aromatic carbocycles. The summed E-state index contributed by atoms with van der Waals surface area (Å²) in [6, 6.07) is 4.81. The molecule has 1 fully saturated rings. The molecule has 1 amide bonds. The van der Waals surface area contributed by atoms with E-state index in [0.717, 1.165) is 5.56 Å². The predicted molar refractivity (Wildman–Crippen MR) is 97.3 cm³/mol. The Balaban J connectivity index is 1.99. The van der Waals surface area contributed by atoms with E-state index < -0.39 is 22.0 Å². The van der Waals surface area contributed by atoms with Crippen LogP contribution in [0.5, 0.6) is 0 Å². The Kier molecular flexibility index (Phi) is 6.41. The summed E-state index contributed by atoms with van der Waals surface area (Å²) in [6.07, 6.45) is 0.719. The van der Waals surface area contributed by atoms with Gasteiger partial charge in [0.2, 0.25) is 15.9 Å². The number of nitrogens with one attached hydrogen (secondary N) is 1. The van der Waals surface area contributed by atoms with Crippen LogP contribution in [0.25, 0.3) is 0 Å². The fourth-order valence-electron chi connectivity index (χ4n) is 3.26. The van der Waals surface area contributed by atoms with Crippen LogP contribution in [-0.4, -0.2) is 48.8 Å². The lowest BCUT2D eigenvalue weighted by molar-refractivity contribution is -0.137. The van der Waals surface area contributed by atoms with Gasteiger partial charge in [0, 0.05) is 25.0 Å². The van der Waals surface area contributed by atoms with Gasteiger partial charge in [-0.25, -0.2) is 8.42 Å². The van der Waals surface area contributed by atoms with Crippen LogP contribution in [0.4, 0.5) is 0 Å². The minimum absolute atomic E-state index is 0.133.